The number of carbonyl (C=O) groups is 1. The predicted molar refractivity (Wildman–Crippen MR) is 114 cm³/mol. The van der Waals surface area contributed by atoms with Crippen molar-refractivity contribution in [3.05, 3.63) is 35.9 Å². The van der Waals surface area contributed by atoms with Gasteiger partial charge in [0.15, 0.2) is 5.96 Å². The van der Waals surface area contributed by atoms with Gasteiger partial charge < -0.3 is 20.3 Å². The van der Waals surface area contributed by atoms with E-state index in [0.29, 0.717) is 6.61 Å². The molecule has 156 valence electrons. The molecule has 1 aliphatic rings. The smallest absolute Gasteiger partial charge is 0.309 e. The SMILES string of the molecule is CCOC(=O)C1CCN(C(=NC)NCC(C)(C)NC(C)c2ccccc2)CC1. The summed E-state index contributed by atoms with van der Waals surface area (Å²) in [6.45, 7) is 11.3. The molecule has 28 heavy (non-hydrogen) atoms. The molecule has 1 aromatic rings. The predicted octanol–water partition coefficient (Wildman–Crippen LogP) is 2.97. The van der Waals surface area contributed by atoms with Crippen LogP contribution in [0.2, 0.25) is 0 Å². The number of rotatable bonds is 7. The lowest BCUT2D eigenvalue weighted by Gasteiger charge is -2.36. The molecule has 1 fully saturated rings. The Kier molecular flexibility index (Phi) is 8.30. The summed E-state index contributed by atoms with van der Waals surface area (Å²) in [5.41, 5.74) is 1.18. The van der Waals surface area contributed by atoms with Crippen molar-refractivity contribution in [2.45, 2.75) is 52.1 Å². The van der Waals surface area contributed by atoms with Crippen LogP contribution in [0.15, 0.2) is 35.3 Å². The molecule has 0 bridgehead atoms. The van der Waals surface area contributed by atoms with Crippen LogP contribution in [-0.2, 0) is 9.53 Å². The van der Waals surface area contributed by atoms with Crippen molar-refractivity contribution in [2.75, 3.05) is 33.3 Å². The van der Waals surface area contributed by atoms with Gasteiger partial charge in [0, 0.05) is 38.3 Å². The first-order valence-corrected chi connectivity index (χ1v) is 10.3. The molecule has 1 saturated heterocycles. The van der Waals surface area contributed by atoms with Gasteiger partial charge in [-0.2, -0.15) is 0 Å². The van der Waals surface area contributed by atoms with Gasteiger partial charge in [-0.25, -0.2) is 0 Å². The number of nitrogens with zero attached hydrogens (tertiary/aromatic N) is 2. The van der Waals surface area contributed by atoms with Gasteiger partial charge in [-0.15, -0.1) is 0 Å². The highest BCUT2D eigenvalue weighted by atomic mass is 16.5. The van der Waals surface area contributed by atoms with Gasteiger partial charge in [0.25, 0.3) is 0 Å². The van der Waals surface area contributed by atoms with Gasteiger partial charge >= 0.3 is 5.97 Å². The fourth-order valence-electron chi connectivity index (χ4n) is 3.68. The third-order valence-electron chi connectivity index (χ3n) is 5.22. The minimum Gasteiger partial charge on any atom is -0.466 e. The number of aliphatic imine (C=N–C) groups is 1. The molecule has 1 atom stereocenters. The molecule has 0 aliphatic carbocycles. The van der Waals surface area contributed by atoms with Gasteiger partial charge in [0.05, 0.1) is 12.5 Å². The van der Waals surface area contributed by atoms with Crippen LogP contribution in [0.4, 0.5) is 0 Å². The van der Waals surface area contributed by atoms with Crippen molar-refractivity contribution in [2.24, 2.45) is 10.9 Å². The minimum absolute atomic E-state index is 0.0131. The number of hydrogen-bond donors (Lipinski definition) is 2. The molecule has 0 aromatic heterocycles. The second kappa shape index (κ2) is 10.5. The Morgan fingerprint density at radius 1 is 1.29 bits per heavy atom. The number of hydrogen-bond acceptors (Lipinski definition) is 4. The maximum atomic E-state index is 11.9. The zero-order valence-corrected chi connectivity index (χ0v) is 18.0. The topological polar surface area (TPSA) is 66.0 Å². The second-order valence-electron chi connectivity index (χ2n) is 8.07. The quantitative estimate of drug-likeness (QED) is 0.427. The molecule has 2 rings (SSSR count). The Bertz CT molecular complexity index is 637. The number of guanidine groups is 1. The summed E-state index contributed by atoms with van der Waals surface area (Å²) in [7, 11) is 1.81. The van der Waals surface area contributed by atoms with Gasteiger partial charge in [0.2, 0.25) is 0 Å². The Morgan fingerprint density at radius 2 is 1.93 bits per heavy atom. The lowest BCUT2D eigenvalue weighted by Crippen LogP contribution is -2.54. The summed E-state index contributed by atoms with van der Waals surface area (Å²) in [6, 6.07) is 10.7. The Labute approximate surface area is 169 Å². The van der Waals surface area contributed by atoms with Crippen LogP contribution in [0.3, 0.4) is 0 Å². The number of nitrogens with one attached hydrogen (secondary N) is 2. The third kappa shape index (κ3) is 6.51. The first-order chi connectivity index (χ1) is 13.4. The Morgan fingerprint density at radius 3 is 2.50 bits per heavy atom. The molecule has 2 N–H and O–H groups in total. The molecule has 0 spiro atoms. The number of ether oxygens (including phenoxy) is 1. The Balaban J connectivity index is 1.83. The number of carbonyl (C=O) groups excluding carboxylic acids is 1. The maximum absolute atomic E-state index is 11.9. The van der Waals surface area contributed by atoms with Crippen LogP contribution >= 0.6 is 0 Å². The number of piperidine rings is 1. The second-order valence-corrected chi connectivity index (χ2v) is 8.07. The van der Waals surface area contributed by atoms with Crippen molar-refractivity contribution in [1.82, 2.24) is 15.5 Å². The molecule has 0 radical (unpaired) electrons. The van der Waals surface area contributed by atoms with Crippen LogP contribution in [0.25, 0.3) is 0 Å². The van der Waals surface area contributed by atoms with E-state index < -0.39 is 0 Å². The molecule has 6 heteroatoms. The van der Waals surface area contributed by atoms with Crippen LogP contribution < -0.4 is 10.6 Å². The highest BCUT2D eigenvalue weighted by Crippen LogP contribution is 2.19. The molecule has 1 unspecified atom stereocenters. The number of esters is 1. The van der Waals surface area contributed by atoms with Gasteiger partial charge in [-0.3, -0.25) is 9.79 Å². The van der Waals surface area contributed by atoms with Crippen molar-refractivity contribution in [3.8, 4) is 0 Å². The average Bonchev–Trinajstić information content (AvgIpc) is 2.69. The normalized spacial score (nSPS) is 17.3. The standard InChI is InChI=1S/C22H36N4O2/c1-6-28-20(27)19-12-14-26(15-13-19)21(23-5)24-16-22(3,4)25-17(2)18-10-8-7-9-11-18/h7-11,17,19,25H,6,12-16H2,1-5H3,(H,23,24). The molecule has 1 aliphatic heterocycles. The van der Waals surface area contributed by atoms with E-state index in [2.05, 4.69) is 65.6 Å². The van der Waals surface area contributed by atoms with E-state index >= 15 is 0 Å². The maximum Gasteiger partial charge on any atom is 0.309 e. The van der Waals surface area contributed by atoms with E-state index in [0.717, 1.165) is 38.4 Å². The van der Waals surface area contributed by atoms with Crippen molar-refractivity contribution in [1.29, 1.82) is 0 Å². The van der Waals surface area contributed by atoms with Crippen molar-refractivity contribution >= 4 is 11.9 Å². The zero-order chi connectivity index (χ0) is 20.6. The van der Waals surface area contributed by atoms with Crippen molar-refractivity contribution < 1.29 is 9.53 Å². The minimum atomic E-state index is -0.103. The van der Waals surface area contributed by atoms with Crippen LogP contribution in [0, 0.1) is 5.92 Å². The largest absolute Gasteiger partial charge is 0.466 e. The average molecular weight is 389 g/mol. The van der Waals surface area contributed by atoms with E-state index in [1.165, 1.54) is 5.56 Å². The van der Waals surface area contributed by atoms with Gasteiger partial charge in [-0.05, 0) is 46.1 Å². The molecule has 1 aromatic carbocycles. The molecule has 0 saturated carbocycles. The molecule has 1 heterocycles. The van der Waals surface area contributed by atoms with E-state index in [1.807, 2.05) is 20.0 Å². The molecular formula is C22H36N4O2. The highest BCUT2D eigenvalue weighted by molar-refractivity contribution is 5.80. The van der Waals surface area contributed by atoms with E-state index in [1.54, 1.807) is 0 Å². The van der Waals surface area contributed by atoms with E-state index in [9.17, 15) is 4.79 Å². The molecular weight excluding hydrogens is 352 g/mol. The number of benzene rings is 1. The van der Waals surface area contributed by atoms with Crippen LogP contribution in [0.1, 0.15) is 52.1 Å². The lowest BCUT2D eigenvalue weighted by molar-refractivity contribution is -0.149. The summed E-state index contributed by atoms with van der Waals surface area (Å²) in [5, 5.41) is 7.20. The fraction of sp³-hybridized carbons (Fsp3) is 0.636. The first kappa shape index (κ1) is 22.2. The Hall–Kier alpha value is -2.08. The summed E-state index contributed by atoms with van der Waals surface area (Å²) < 4.78 is 5.16. The third-order valence-corrected chi connectivity index (χ3v) is 5.22. The van der Waals surface area contributed by atoms with E-state index in [-0.39, 0.29) is 23.5 Å². The van der Waals surface area contributed by atoms with Gasteiger partial charge in [0.1, 0.15) is 0 Å². The molecule has 0 amide bonds. The van der Waals surface area contributed by atoms with Crippen molar-refractivity contribution in [3.63, 3.8) is 0 Å². The first-order valence-electron chi connectivity index (χ1n) is 10.3. The fourth-order valence-corrected chi connectivity index (χ4v) is 3.68. The zero-order valence-electron chi connectivity index (χ0n) is 18.0. The van der Waals surface area contributed by atoms with E-state index in [4.69, 9.17) is 4.74 Å². The summed E-state index contributed by atoms with van der Waals surface area (Å²) >= 11 is 0. The van der Waals surface area contributed by atoms with Crippen LogP contribution in [0.5, 0.6) is 0 Å². The summed E-state index contributed by atoms with van der Waals surface area (Å²) in [5.74, 6) is 0.842. The monoisotopic (exact) mass is 388 g/mol. The summed E-state index contributed by atoms with van der Waals surface area (Å²) in [6.07, 6.45) is 1.62. The molecule has 6 nitrogen and oxygen atoms in total. The van der Waals surface area contributed by atoms with Gasteiger partial charge in [-0.1, -0.05) is 30.3 Å². The summed E-state index contributed by atoms with van der Waals surface area (Å²) in [4.78, 5) is 18.6. The number of likely N-dealkylation sites (tertiary alicyclic amines) is 1. The highest BCUT2D eigenvalue weighted by Gasteiger charge is 2.28. The lowest BCUT2D eigenvalue weighted by atomic mass is 9.97. The van der Waals surface area contributed by atoms with Crippen LogP contribution in [-0.4, -0.2) is 55.7 Å².